The zero-order valence-corrected chi connectivity index (χ0v) is 10.6. The van der Waals surface area contributed by atoms with Crippen LogP contribution in [-0.4, -0.2) is 25.0 Å². The summed E-state index contributed by atoms with van der Waals surface area (Å²) < 4.78 is 0. The molecule has 0 aromatic rings. The van der Waals surface area contributed by atoms with Gasteiger partial charge >= 0.3 is 0 Å². The second-order valence-corrected chi connectivity index (χ2v) is 4.71. The first kappa shape index (κ1) is 13.5. The van der Waals surface area contributed by atoms with Crippen LogP contribution < -0.4 is 10.6 Å². The van der Waals surface area contributed by atoms with Crippen LogP contribution in [0, 0.1) is 0 Å². The molecule has 0 spiro atoms. The maximum Gasteiger partial charge on any atom is 0.237 e. The Morgan fingerprint density at radius 1 is 1.25 bits per heavy atom. The van der Waals surface area contributed by atoms with Gasteiger partial charge in [0.15, 0.2) is 0 Å². The minimum atomic E-state index is 0.0834. The number of carbonyl (C=O) groups is 1. The molecule has 0 saturated carbocycles. The van der Waals surface area contributed by atoms with E-state index in [0.717, 1.165) is 32.4 Å². The average Bonchev–Trinajstić information content (AvgIpc) is 2.81. The molecule has 0 radical (unpaired) electrons. The SMILES string of the molecule is CCCCCCCCNC(=O)[C@H]1CCCN1. The zero-order chi connectivity index (χ0) is 11.6. The van der Waals surface area contributed by atoms with Crippen molar-refractivity contribution < 1.29 is 4.79 Å². The van der Waals surface area contributed by atoms with E-state index in [1.54, 1.807) is 0 Å². The quantitative estimate of drug-likeness (QED) is 0.623. The summed E-state index contributed by atoms with van der Waals surface area (Å²) in [5.41, 5.74) is 0. The molecule has 1 fully saturated rings. The second kappa shape index (κ2) is 8.57. The third-order valence-electron chi connectivity index (χ3n) is 3.21. The molecule has 0 aromatic carbocycles. The highest BCUT2D eigenvalue weighted by Crippen LogP contribution is 2.06. The van der Waals surface area contributed by atoms with Crippen LogP contribution >= 0.6 is 0 Å². The van der Waals surface area contributed by atoms with Crippen molar-refractivity contribution >= 4 is 5.91 Å². The molecular weight excluding hydrogens is 200 g/mol. The molecule has 16 heavy (non-hydrogen) atoms. The van der Waals surface area contributed by atoms with E-state index in [1.165, 1.54) is 32.1 Å². The molecule has 2 N–H and O–H groups in total. The number of unbranched alkanes of at least 4 members (excludes halogenated alkanes) is 5. The van der Waals surface area contributed by atoms with E-state index in [4.69, 9.17) is 0 Å². The number of amides is 1. The highest BCUT2D eigenvalue weighted by Gasteiger charge is 2.20. The van der Waals surface area contributed by atoms with Crippen LogP contribution in [0.25, 0.3) is 0 Å². The van der Waals surface area contributed by atoms with Gasteiger partial charge in [-0.25, -0.2) is 0 Å². The smallest absolute Gasteiger partial charge is 0.237 e. The van der Waals surface area contributed by atoms with E-state index < -0.39 is 0 Å². The van der Waals surface area contributed by atoms with Crippen LogP contribution in [0.3, 0.4) is 0 Å². The van der Waals surface area contributed by atoms with Gasteiger partial charge < -0.3 is 10.6 Å². The van der Waals surface area contributed by atoms with Gasteiger partial charge in [0.1, 0.15) is 0 Å². The number of hydrogen-bond donors (Lipinski definition) is 2. The molecule has 1 rings (SSSR count). The Labute approximate surface area is 99.4 Å². The molecule has 1 heterocycles. The van der Waals surface area contributed by atoms with E-state index in [9.17, 15) is 4.79 Å². The van der Waals surface area contributed by atoms with Crippen LogP contribution in [0.2, 0.25) is 0 Å². The summed E-state index contributed by atoms with van der Waals surface area (Å²) in [4.78, 5) is 11.6. The maximum atomic E-state index is 11.6. The van der Waals surface area contributed by atoms with Crippen molar-refractivity contribution in [2.45, 2.75) is 64.3 Å². The molecule has 1 amide bonds. The molecule has 3 nitrogen and oxygen atoms in total. The fraction of sp³-hybridized carbons (Fsp3) is 0.923. The van der Waals surface area contributed by atoms with Crippen molar-refractivity contribution in [3.8, 4) is 0 Å². The van der Waals surface area contributed by atoms with Crippen LogP contribution in [0.1, 0.15) is 58.3 Å². The lowest BCUT2D eigenvalue weighted by molar-refractivity contribution is -0.122. The van der Waals surface area contributed by atoms with Crippen molar-refractivity contribution in [3.05, 3.63) is 0 Å². The van der Waals surface area contributed by atoms with Gasteiger partial charge in [0.05, 0.1) is 6.04 Å². The van der Waals surface area contributed by atoms with Crippen LogP contribution in [0.4, 0.5) is 0 Å². The van der Waals surface area contributed by atoms with E-state index in [0.29, 0.717) is 0 Å². The Morgan fingerprint density at radius 3 is 2.69 bits per heavy atom. The van der Waals surface area contributed by atoms with Gasteiger partial charge in [-0.2, -0.15) is 0 Å². The summed E-state index contributed by atoms with van der Waals surface area (Å²) in [6.07, 6.45) is 9.81. The third-order valence-corrected chi connectivity index (χ3v) is 3.21. The van der Waals surface area contributed by atoms with Crippen LogP contribution in [-0.2, 0) is 4.79 Å². The van der Waals surface area contributed by atoms with Gasteiger partial charge in [-0.1, -0.05) is 39.0 Å². The van der Waals surface area contributed by atoms with Gasteiger partial charge in [-0.15, -0.1) is 0 Å². The molecule has 3 heteroatoms. The molecule has 0 aliphatic carbocycles. The van der Waals surface area contributed by atoms with E-state index in [1.807, 2.05) is 0 Å². The monoisotopic (exact) mass is 226 g/mol. The summed E-state index contributed by atoms with van der Waals surface area (Å²) in [6, 6.07) is 0.0834. The largest absolute Gasteiger partial charge is 0.355 e. The van der Waals surface area contributed by atoms with Crippen molar-refractivity contribution in [2.75, 3.05) is 13.1 Å². The lowest BCUT2D eigenvalue weighted by atomic mass is 10.1. The molecule has 1 saturated heterocycles. The van der Waals surface area contributed by atoms with Crippen LogP contribution in [0.15, 0.2) is 0 Å². The minimum Gasteiger partial charge on any atom is -0.355 e. The first-order chi connectivity index (χ1) is 7.84. The highest BCUT2D eigenvalue weighted by molar-refractivity contribution is 5.81. The molecular formula is C13H26N2O. The molecule has 0 aromatic heterocycles. The maximum absolute atomic E-state index is 11.6. The normalized spacial score (nSPS) is 19.9. The van der Waals surface area contributed by atoms with Gasteiger partial charge in [0.25, 0.3) is 0 Å². The van der Waals surface area contributed by atoms with Crippen molar-refractivity contribution in [2.24, 2.45) is 0 Å². The molecule has 1 aliphatic rings. The second-order valence-electron chi connectivity index (χ2n) is 4.71. The van der Waals surface area contributed by atoms with E-state index in [-0.39, 0.29) is 11.9 Å². The van der Waals surface area contributed by atoms with Gasteiger partial charge in [-0.05, 0) is 25.8 Å². The summed E-state index contributed by atoms with van der Waals surface area (Å²) >= 11 is 0. The van der Waals surface area contributed by atoms with E-state index in [2.05, 4.69) is 17.6 Å². The molecule has 0 unspecified atom stereocenters. The Bertz CT molecular complexity index is 188. The summed E-state index contributed by atoms with van der Waals surface area (Å²) in [5.74, 6) is 0.200. The summed E-state index contributed by atoms with van der Waals surface area (Å²) in [5, 5.41) is 6.23. The highest BCUT2D eigenvalue weighted by atomic mass is 16.2. The number of rotatable bonds is 8. The number of hydrogen-bond acceptors (Lipinski definition) is 2. The lowest BCUT2D eigenvalue weighted by Crippen LogP contribution is -2.40. The Hall–Kier alpha value is -0.570. The Morgan fingerprint density at radius 2 is 2.00 bits per heavy atom. The Kier molecular flexibility index (Phi) is 7.23. The standard InChI is InChI=1S/C13H26N2O/c1-2-3-4-5-6-7-10-15-13(16)12-9-8-11-14-12/h12,14H,2-11H2,1H3,(H,15,16)/t12-/m1/s1. The first-order valence-corrected chi connectivity index (χ1v) is 6.85. The first-order valence-electron chi connectivity index (χ1n) is 6.85. The predicted molar refractivity (Wildman–Crippen MR) is 67.4 cm³/mol. The van der Waals surface area contributed by atoms with Crippen molar-refractivity contribution in [1.82, 2.24) is 10.6 Å². The predicted octanol–water partition coefficient (Wildman–Crippen LogP) is 2.22. The van der Waals surface area contributed by atoms with Crippen LogP contribution in [0.5, 0.6) is 0 Å². The summed E-state index contributed by atoms with van der Waals surface area (Å²) in [6.45, 7) is 4.08. The molecule has 1 aliphatic heterocycles. The molecule has 0 bridgehead atoms. The fourth-order valence-corrected chi connectivity index (χ4v) is 2.15. The van der Waals surface area contributed by atoms with E-state index >= 15 is 0 Å². The fourth-order valence-electron chi connectivity index (χ4n) is 2.15. The van der Waals surface area contributed by atoms with Gasteiger partial charge in [0, 0.05) is 6.54 Å². The number of nitrogens with one attached hydrogen (secondary N) is 2. The lowest BCUT2D eigenvalue weighted by Gasteiger charge is -2.10. The zero-order valence-electron chi connectivity index (χ0n) is 10.6. The number of carbonyl (C=O) groups excluding carboxylic acids is 1. The van der Waals surface area contributed by atoms with Gasteiger partial charge in [0.2, 0.25) is 5.91 Å². The van der Waals surface area contributed by atoms with Gasteiger partial charge in [-0.3, -0.25) is 4.79 Å². The minimum absolute atomic E-state index is 0.0834. The van der Waals surface area contributed by atoms with Crippen molar-refractivity contribution in [3.63, 3.8) is 0 Å². The summed E-state index contributed by atoms with van der Waals surface area (Å²) in [7, 11) is 0. The third kappa shape index (κ3) is 5.50. The molecule has 1 atom stereocenters. The Balaban J connectivity index is 1.88. The average molecular weight is 226 g/mol. The molecule has 94 valence electrons. The topological polar surface area (TPSA) is 41.1 Å². The van der Waals surface area contributed by atoms with Crippen molar-refractivity contribution in [1.29, 1.82) is 0 Å².